The van der Waals surface area contributed by atoms with E-state index in [1.165, 1.54) is 0 Å². The van der Waals surface area contributed by atoms with Crippen LogP contribution in [-0.4, -0.2) is 18.0 Å². The fraction of sp³-hybridized carbons (Fsp3) is 0.400. The Hall–Kier alpha value is -2.36. The van der Waals surface area contributed by atoms with Gasteiger partial charge in [-0.05, 0) is 48.1 Å². The van der Waals surface area contributed by atoms with Gasteiger partial charge in [-0.25, -0.2) is 0 Å². The molecule has 1 aromatic heterocycles. The van der Waals surface area contributed by atoms with Crippen LogP contribution in [0.15, 0.2) is 42.6 Å². The molecule has 1 amide bonds. The van der Waals surface area contributed by atoms with Crippen LogP contribution in [0.25, 0.3) is 0 Å². The third-order valence-electron chi connectivity index (χ3n) is 5.24. The van der Waals surface area contributed by atoms with Crippen molar-refractivity contribution in [3.8, 4) is 5.75 Å². The molecule has 3 rings (SSSR count). The number of hydrogen-bond donors (Lipinski definition) is 1. The number of ether oxygens (including phenoxy) is 1. The van der Waals surface area contributed by atoms with Gasteiger partial charge in [-0.3, -0.25) is 9.78 Å². The van der Waals surface area contributed by atoms with E-state index in [2.05, 4.69) is 24.1 Å². The smallest absolute Gasteiger partial charge is 0.231 e. The first-order valence-electron chi connectivity index (χ1n) is 8.24. The zero-order valence-corrected chi connectivity index (χ0v) is 14.7. The number of nitrogens with zero attached hydrogens (tertiary/aromatic N) is 1. The van der Waals surface area contributed by atoms with E-state index in [9.17, 15) is 4.79 Å². The summed E-state index contributed by atoms with van der Waals surface area (Å²) in [6, 6.07) is 11.7. The van der Waals surface area contributed by atoms with E-state index in [4.69, 9.17) is 4.74 Å². The summed E-state index contributed by atoms with van der Waals surface area (Å²) in [4.78, 5) is 17.4. The second-order valence-corrected chi connectivity index (χ2v) is 7.14. The van der Waals surface area contributed by atoms with Crippen LogP contribution in [0.3, 0.4) is 0 Å². The number of methoxy groups -OCH3 is 1. The van der Waals surface area contributed by atoms with Gasteiger partial charge in [-0.1, -0.05) is 32.0 Å². The number of carbonyl (C=O) groups excluding carboxylic acids is 1. The predicted molar refractivity (Wildman–Crippen MR) is 93.9 cm³/mol. The number of amides is 1. The van der Waals surface area contributed by atoms with Crippen LogP contribution in [0, 0.1) is 12.3 Å². The zero-order valence-electron chi connectivity index (χ0n) is 14.7. The standard InChI is InChI=1S/C20H24N2O2/c1-14-6-5-11-21-17(14)12-22-18(23)20(13-19(20,2)3)15-7-9-16(24-4)10-8-15/h5-11H,12-13H2,1-4H3,(H,22,23). The van der Waals surface area contributed by atoms with E-state index in [-0.39, 0.29) is 11.3 Å². The summed E-state index contributed by atoms with van der Waals surface area (Å²) in [7, 11) is 1.65. The average Bonchev–Trinajstić information content (AvgIpc) is 3.18. The second kappa shape index (κ2) is 5.93. The maximum absolute atomic E-state index is 13.0. The van der Waals surface area contributed by atoms with E-state index in [0.717, 1.165) is 29.0 Å². The molecule has 1 fully saturated rings. The van der Waals surface area contributed by atoms with Gasteiger partial charge in [0.25, 0.3) is 0 Å². The van der Waals surface area contributed by atoms with Gasteiger partial charge in [-0.2, -0.15) is 0 Å². The summed E-state index contributed by atoms with van der Waals surface area (Å²) in [6.45, 7) is 6.75. The van der Waals surface area contributed by atoms with Crippen molar-refractivity contribution in [1.82, 2.24) is 10.3 Å². The number of benzene rings is 1. The highest BCUT2D eigenvalue weighted by atomic mass is 16.5. The summed E-state index contributed by atoms with van der Waals surface area (Å²) < 4.78 is 5.22. The van der Waals surface area contributed by atoms with Crippen LogP contribution in [0.5, 0.6) is 5.75 Å². The maximum Gasteiger partial charge on any atom is 0.231 e. The Kier molecular flexibility index (Phi) is 4.08. The largest absolute Gasteiger partial charge is 0.497 e. The highest BCUT2D eigenvalue weighted by Crippen LogP contribution is 2.64. The first-order valence-corrected chi connectivity index (χ1v) is 8.24. The predicted octanol–water partition coefficient (Wildman–Crippen LogP) is 3.38. The molecule has 0 radical (unpaired) electrons. The van der Waals surface area contributed by atoms with Gasteiger partial charge in [0.05, 0.1) is 24.8 Å². The molecule has 1 aliphatic carbocycles. The van der Waals surface area contributed by atoms with Gasteiger partial charge in [0.1, 0.15) is 5.75 Å². The summed E-state index contributed by atoms with van der Waals surface area (Å²) >= 11 is 0. The fourth-order valence-corrected chi connectivity index (χ4v) is 3.52. The molecule has 1 aromatic carbocycles. The average molecular weight is 324 g/mol. The number of rotatable bonds is 5. The number of aromatic nitrogens is 1. The summed E-state index contributed by atoms with van der Waals surface area (Å²) in [5, 5.41) is 3.09. The zero-order chi connectivity index (χ0) is 17.4. The van der Waals surface area contributed by atoms with Crippen LogP contribution in [0.1, 0.15) is 37.1 Å². The molecule has 1 heterocycles. The maximum atomic E-state index is 13.0. The minimum Gasteiger partial charge on any atom is -0.497 e. The van der Waals surface area contributed by atoms with Crippen molar-refractivity contribution in [2.24, 2.45) is 5.41 Å². The minimum atomic E-state index is -0.470. The highest BCUT2D eigenvalue weighted by molar-refractivity contribution is 5.93. The normalized spacial score (nSPS) is 21.2. The van der Waals surface area contributed by atoms with E-state index in [0.29, 0.717) is 6.54 Å². The first kappa shape index (κ1) is 16.5. The number of nitrogens with one attached hydrogen (secondary N) is 1. The van der Waals surface area contributed by atoms with Crippen molar-refractivity contribution in [2.45, 2.75) is 39.2 Å². The molecule has 1 unspecified atom stereocenters. The van der Waals surface area contributed by atoms with Crippen molar-refractivity contribution in [2.75, 3.05) is 7.11 Å². The van der Waals surface area contributed by atoms with Crippen molar-refractivity contribution >= 4 is 5.91 Å². The number of pyridine rings is 1. The van der Waals surface area contributed by atoms with Gasteiger partial charge < -0.3 is 10.1 Å². The van der Waals surface area contributed by atoms with E-state index >= 15 is 0 Å². The number of aryl methyl sites for hydroxylation is 1. The van der Waals surface area contributed by atoms with Crippen LogP contribution < -0.4 is 10.1 Å². The Balaban J connectivity index is 1.80. The topological polar surface area (TPSA) is 51.2 Å². The van der Waals surface area contributed by atoms with Crippen LogP contribution in [0.2, 0.25) is 0 Å². The Bertz CT molecular complexity index is 752. The molecule has 0 aliphatic heterocycles. The van der Waals surface area contributed by atoms with Crippen LogP contribution in [-0.2, 0) is 16.8 Å². The van der Waals surface area contributed by atoms with Gasteiger partial charge in [-0.15, -0.1) is 0 Å². The second-order valence-electron chi connectivity index (χ2n) is 7.14. The lowest BCUT2D eigenvalue weighted by Gasteiger charge is -2.21. The molecule has 126 valence electrons. The fourth-order valence-electron chi connectivity index (χ4n) is 3.52. The molecular weight excluding hydrogens is 300 g/mol. The molecule has 4 nitrogen and oxygen atoms in total. The Morgan fingerprint density at radius 3 is 2.46 bits per heavy atom. The quantitative estimate of drug-likeness (QED) is 0.917. The van der Waals surface area contributed by atoms with Crippen molar-refractivity contribution in [3.05, 3.63) is 59.4 Å². The molecule has 4 heteroatoms. The Morgan fingerprint density at radius 2 is 1.92 bits per heavy atom. The highest BCUT2D eigenvalue weighted by Gasteiger charge is 2.66. The lowest BCUT2D eigenvalue weighted by molar-refractivity contribution is -0.124. The summed E-state index contributed by atoms with van der Waals surface area (Å²) in [5.74, 6) is 0.875. The molecule has 2 aromatic rings. The van der Waals surface area contributed by atoms with E-state index in [1.807, 2.05) is 43.3 Å². The molecule has 1 saturated carbocycles. The van der Waals surface area contributed by atoms with E-state index in [1.54, 1.807) is 13.3 Å². The van der Waals surface area contributed by atoms with Gasteiger partial charge in [0, 0.05) is 6.20 Å². The van der Waals surface area contributed by atoms with E-state index < -0.39 is 5.41 Å². The molecule has 0 saturated heterocycles. The summed E-state index contributed by atoms with van der Waals surface area (Å²) in [5.41, 5.74) is 2.52. The van der Waals surface area contributed by atoms with Crippen molar-refractivity contribution < 1.29 is 9.53 Å². The third kappa shape index (κ3) is 2.66. The van der Waals surface area contributed by atoms with Gasteiger partial charge >= 0.3 is 0 Å². The first-order chi connectivity index (χ1) is 11.4. The SMILES string of the molecule is COc1ccc(C2(C(=O)NCc3ncccc3C)CC2(C)C)cc1. The third-order valence-corrected chi connectivity index (χ3v) is 5.24. The summed E-state index contributed by atoms with van der Waals surface area (Å²) in [6.07, 6.45) is 2.61. The molecule has 0 spiro atoms. The molecular formula is C20H24N2O2. The lowest BCUT2D eigenvalue weighted by atomic mass is 9.87. The number of carbonyl (C=O) groups is 1. The molecule has 1 N–H and O–H groups in total. The Morgan fingerprint density at radius 1 is 1.25 bits per heavy atom. The van der Waals surface area contributed by atoms with Gasteiger partial charge in [0.2, 0.25) is 5.91 Å². The van der Waals surface area contributed by atoms with Crippen molar-refractivity contribution in [1.29, 1.82) is 0 Å². The molecule has 1 atom stereocenters. The van der Waals surface area contributed by atoms with Crippen LogP contribution in [0.4, 0.5) is 0 Å². The molecule has 0 bridgehead atoms. The molecule has 24 heavy (non-hydrogen) atoms. The Labute approximate surface area is 143 Å². The minimum absolute atomic E-state index is 0.0508. The lowest BCUT2D eigenvalue weighted by Crippen LogP contribution is -2.37. The monoisotopic (exact) mass is 324 g/mol. The van der Waals surface area contributed by atoms with Crippen LogP contribution >= 0.6 is 0 Å². The molecule has 1 aliphatic rings. The van der Waals surface area contributed by atoms with Gasteiger partial charge in [0.15, 0.2) is 0 Å². The number of hydrogen-bond acceptors (Lipinski definition) is 3. The van der Waals surface area contributed by atoms with Crippen molar-refractivity contribution in [3.63, 3.8) is 0 Å².